The number of aromatic carboxylic acids is 1. The van der Waals surface area contributed by atoms with Crippen molar-refractivity contribution in [1.29, 1.82) is 0 Å². The highest BCUT2D eigenvalue weighted by molar-refractivity contribution is 7.96. The molecule has 1 aliphatic heterocycles. The van der Waals surface area contributed by atoms with Gasteiger partial charge in [0, 0.05) is 25.6 Å². The molecule has 3 N–H and O–H groups in total. The van der Waals surface area contributed by atoms with Crippen LogP contribution in [0.2, 0.25) is 0 Å². The van der Waals surface area contributed by atoms with Gasteiger partial charge in [-0.15, -0.1) is 12.6 Å². The van der Waals surface area contributed by atoms with Crippen molar-refractivity contribution >= 4 is 53.0 Å². The molecule has 0 saturated carbocycles. The molecule has 0 aliphatic carbocycles. The number of rotatable bonds is 8. The topological polar surface area (TPSA) is 142 Å². The van der Waals surface area contributed by atoms with Crippen LogP contribution in [0.5, 0.6) is 0 Å². The van der Waals surface area contributed by atoms with E-state index in [0.717, 1.165) is 0 Å². The van der Waals surface area contributed by atoms with Crippen LogP contribution >= 0.6 is 12.6 Å². The number of amides is 3. The summed E-state index contributed by atoms with van der Waals surface area (Å²) in [5.74, 6) is -2.60. The van der Waals surface area contributed by atoms with Crippen LogP contribution in [-0.4, -0.2) is 58.2 Å². The van der Waals surface area contributed by atoms with Gasteiger partial charge in [0.2, 0.25) is 11.8 Å². The Morgan fingerprint density at radius 3 is 2.58 bits per heavy atom. The van der Waals surface area contributed by atoms with Gasteiger partial charge in [0.25, 0.3) is 0 Å². The molecule has 1 fully saturated rings. The lowest BCUT2D eigenvalue weighted by atomic mass is 10.0. The summed E-state index contributed by atoms with van der Waals surface area (Å²) in [6.07, 6.45) is 0.871. The molecule has 0 aromatic heterocycles. The highest BCUT2D eigenvalue weighted by Crippen LogP contribution is 2.29. The Labute approximate surface area is 184 Å². The third-order valence-electron chi connectivity index (χ3n) is 4.54. The van der Waals surface area contributed by atoms with Gasteiger partial charge in [-0.1, -0.05) is 12.7 Å². The maximum Gasteiger partial charge on any atom is 0.410 e. The maximum absolute atomic E-state index is 13.0. The number of thiol groups is 1. The van der Waals surface area contributed by atoms with E-state index in [9.17, 15) is 29.1 Å². The average Bonchev–Trinajstić information content (AvgIpc) is 3.08. The quantitative estimate of drug-likeness (QED) is 0.352. The molecular weight excluding hydrogens is 426 g/mol. The van der Waals surface area contributed by atoms with Crippen molar-refractivity contribution in [3.05, 3.63) is 36.4 Å². The zero-order chi connectivity index (χ0) is 23.1. The predicted octanol–water partition coefficient (Wildman–Crippen LogP) is 2.14. The Balaban J connectivity index is 2.28. The molecule has 11 heteroatoms. The summed E-state index contributed by atoms with van der Waals surface area (Å²) >= 11 is 3.76. The smallest absolute Gasteiger partial charge is 0.410 e. The average molecular weight is 449 g/mol. The van der Waals surface area contributed by atoms with Gasteiger partial charge in [-0.3, -0.25) is 19.3 Å². The molecule has 31 heavy (non-hydrogen) atoms. The SMILES string of the molecule is C=CCOC(=O)N1C[C@H](CC(=O)S)C[C@H]1C(=O)Nc1cc(NC(C)=O)ccc1C(=O)O. The van der Waals surface area contributed by atoms with Crippen molar-refractivity contribution in [3.63, 3.8) is 0 Å². The first-order chi connectivity index (χ1) is 14.6. The number of likely N-dealkylation sites (tertiary alicyclic amines) is 1. The summed E-state index contributed by atoms with van der Waals surface area (Å²) in [5.41, 5.74) is 0.0558. The molecule has 2 atom stereocenters. The zero-order valence-electron chi connectivity index (χ0n) is 16.8. The monoisotopic (exact) mass is 449 g/mol. The Morgan fingerprint density at radius 2 is 2.00 bits per heavy atom. The highest BCUT2D eigenvalue weighted by atomic mass is 32.1. The van der Waals surface area contributed by atoms with Crippen molar-refractivity contribution in [3.8, 4) is 0 Å². The summed E-state index contributed by atoms with van der Waals surface area (Å²) in [4.78, 5) is 60.8. The molecule has 2 rings (SSSR count). The van der Waals surface area contributed by atoms with Crippen LogP contribution in [0.25, 0.3) is 0 Å². The van der Waals surface area contributed by atoms with Crippen molar-refractivity contribution in [2.75, 3.05) is 23.8 Å². The molecule has 10 nitrogen and oxygen atoms in total. The molecule has 0 unspecified atom stereocenters. The first kappa shape index (κ1) is 23.9. The molecule has 166 valence electrons. The molecule has 1 aromatic carbocycles. The second kappa shape index (κ2) is 10.6. The van der Waals surface area contributed by atoms with E-state index in [2.05, 4.69) is 29.8 Å². The number of nitrogens with zero attached hydrogens (tertiary/aromatic N) is 1. The molecule has 1 saturated heterocycles. The molecule has 1 aromatic rings. The second-order valence-corrected chi connectivity index (χ2v) is 7.47. The molecule has 0 radical (unpaired) electrons. The summed E-state index contributed by atoms with van der Waals surface area (Å²) in [5, 5.41) is 14.1. The number of anilines is 2. The fourth-order valence-electron chi connectivity index (χ4n) is 3.31. The van der Waals surface area contributed by atoms with E-state index in [1.165, 1.54) is 36.1 Å². The van der Waals surface area contributed by atoms with E-state index in [0.29, 0.717) is 5.69 Å². The van der Waals surface area contributed by atoms with Crippen LogP contribution in [0.1, 0.15) is 30.1 Å². The van der Waals surface area contributed by atoms with E-state index in [4.69, 9.17) is 4.74 Å². The third kappa shape index (κ3) is 6.57. The van der Waals surface area contributed by atoms with Crippen LogP contribution < -0.4 is 10.6 Å². The summed E-state index contributed by atoms with van der Waals surface area (Å²) < 4.78 is 5.03. The van der Waals surface area contributed by atoms with Crippen molar-refractivity contribution in [2.24, 2.45) is 5.92 Å². The van der Waals surface area contributed by atoms with Gasteiger partial charge in [0.15, 0.2) is 5.12 Å². The van der Waals surface area contributed by atoms with Crippen molar-refractivity contribution < 1.29 is 33.8 Å². The number of carbonyl (C=O) groups excluding carboxylic acids is 4. The number of benzene rings is 1. The minimum absolute atomic E-state index is 0.0446. The number of ether oxygens (including phenoxy) is 1. The largest absolute Gasteiger partial charge is 0.478 e. The van der Waals surface area contributed by atoms with E-state index >= 15 is 0 Å². The van der Waals surface area contributed by atoms with E-state index in [1.807, 2.05) is 0 Å². The van der Waals surface area contributed by atoms with Gasteiger partial charge < -0.3 is 20.5 Å². The molecule has 1 heterocycles. The Hall–Kier alpha value is -3.34. The molecule has 1 aliphatic rings. The van der Waals surface area contributed by atoms with E-state index < -0.39 is 24.0 Å². The Kier molecular flexibility index (Phi) is 8.20. The van der Waals surface area contributed by atoms with E-state index in [1.54, 1.807) is 0 Å². The number of carboxylic acid groups (broad SMARTS) is 1. The first-order valence-electron chi connectivity index (χ1n) is 9.34. The van der Waals surface area contributed by atoms with Crippen LogP contribution in [-0.2, 0) is 19.1 Å². The Morgan fingerprint density at radius 1 is 1.29 bits per heavy atom. The fourth-order valence-corrected chi connectivity index (χ4v) is 3.57. The highest BCUT2D eigenvalue weighted by Gasteiger charge is 2.41. The normalized spacial score (nSPS) is 17.5. The van der Waals surface area contributed by atoms with Crippen molar-refractivity contribution in [1.82, 2.24) is 4.90 Å². The minimum atomic E-state index is -1.28. The van der Waals surface area contributed by atoms with Gasteiger partial charge in [-0.2, -0.15) is 0 Å². The standard InChI is InChI=1S/C20H23N3O7S/c1-3-6-30-20(29)23-10-12(8-17(25)31)7-16(23)18(26)22-15-9-13(21-11(2)24)4-5-14(15)19(27)28/h3-5,9,12,16H,1,6-8,10H2,2H3,(H,21,24)(H,22,26)(H,25,31)(H,27,28)/t12-,16-/m0/s1. The number of carboxylic acids is 1. The van der Waals surface area contributed by atoms with Crippen LogP contribution in [0.4, 0.5) is 16.2 Å². The van der Waals surface area contributed by atoms with Crippen LogP contribution in [0.3, 0.4) is 0 Å². The van der Waals surface area contributed by atoms with E-state index in [-0.39, 0.29) is 54.2 Å². The van der Waals surface area contributed by atoms with Gasteiger partial charge in [0.05, 0.1) is 11.3 Å². The zero-order valence-corrected chi connectivity index (χ0v) is 17.7. The lowest BCUT2D eigenvalue weighted by molar-refractivity contribution is -0.120. The van der Waals surface area contributed by atoms with Crippen LogP contribution in [0, 0.1) is 5.92 Å². The summed E-state index contributed by atoms with van der Waals surface area (Å²) in [6, 6.07) is 2.97. The molecule has 0 bridgehead atoms. The van der Waals surface area contributed by atoms with Crippen LogP contribution in [0.15, 0.2) is 30.9 Å². The summed E-state index contributed by atoms with van der Waals surface area (Å²) in [6.45, 7) is 4.81. The van der Waals surface area contributed by atoms with Gasteiger partial charge in [-0.25, -0.2) is 9.59 Å². The Bertz CT molecular complexity index is 918. The first-order valence-corrected chi connectivity index (χ1v) is 9.79. The van der Waals surface area contributed by atoms with Gasteiger partial charge in [0.1, 0.15) is 12.6 Å². The second-order valence-electron chi connectivity index (χ2n) is 6.97. The lowest BCUT2D eigenvalue weighted by Gasteiger charge is -2.23. The van der Waals surface area contributed by atoms with Gasteiger partial charge in [-0.05, 0) is 30.5 Å². The minimum Gasteiger partial charge on any atom is -0.478 e. The molecule has 3 amide bonds. The third-order valence-corrected chi connectivity index (χ3v) is 4.72. The predicted molar refractivity (Wildman–Crippen MR) is 115 cm³/mol. The van der Waals surface area contributed by atoms with Crippen molar-refractivity contribution in [2.45, 2.75) is 25.8 Å². The van der Waals surface area contributed by atoms with Gasteiger partial charge >= 0.3 is 12.1 Å². The molecular formula is C20H23N3O7S. The number of hydrogen-bond donors (Lipinski definition) is 4. The maximum atomic E-state index is 13.0. The number of carbonyl (C=O) groups is 5. The number of nitrogens with one attached hydrogen (secondary N) is 2. The summed E-state index contributed by atoms with van der Waals surface area (Å²) in [7, 11) is 0. The fraction of sp³-hybridized carbons (Fsp3) is 0.350. The number of hydrogen-bond acceptors (Lipinski definition) is 6. The lowest BCUT2D eigenvalue weighted by Crippen LogP contribution is -2.43. The molecule has 0 spiro atoms.